The highest BCUT2D eigenvalue weighted by Crippen LogP contribution is 2.28. The Morgan fingerprint density at radius 2 is 2.08 bits per heavy atom. The van der Waals surface area contributed by atoms with Gasteiger partial charge in [0.25, 0.3) is 16.0 Å². The molecule has 0 saturated heterocycles. The third kappa shape index (κ3) is 3.69. The number of nitrogens with one attached hydrogen (secondary N) is 1. The molecule has 0 bridgehead atoms. The average molecular weight is 414 g/mol. The third-order valence-electron chi connectivity index (χ3n) is 3.67. The molecular formula is C14H16ClN7O2S2. The number of anilines is 3. The van der Waals surface area contributed by atoms with Crippen molar-refractivity contribution in [2.45, 2.75) is 36.1 Å². The van der Waals surface area contributed by atoms with Crippen molar-refractivity contribution in [3.8, 4) is 0 Å². The van der Waals surface area contributed by atoms with Crippen molar-refractivity contribution in [3.63, 3.8) is 0 Å². The fourth-order valence-corrected chi connectivity index (χ4v) is 4.22. The van der Waals surface area contributed by atoms with E-state index in [1.807, 2.05) is 6.92 Å². The first-order valence-corrected chi connectivity index (χ1v) is 9.83. The standard InChI is InChI=1S/C14H16ClN7O2S2/c1-7-5-11(10(25)6-9(7)15)26(23,24)21-13-18-12(16)19-14(20-13)22-8(2)3-4-17-22/h4-6,8,25H,3H2,1-2H3,(H3,16,18,19,20,21)/t8-/m1/s1. The first-order chi connectivity index (χ1) is 12.2. The minimum atomic E-state index is -4.00. The van der Waals surface area contributed by atoms with Crippen LogP contribution in [0.2, 0.25) is 5.02 Å². The Morgan fingerprint density at radius 1 is 1.35 bits per heavy atom. The average Bonchev–Trinajstić information content (AvgIpc) is 2.95. The summed E-state index contributed by atoms with van der Waals surface area (Å²) in [5.74, 6) is -0.169. The Morgan fingerprint density at radius 3 is 2.73 bits per heavy atom. The van der Waals surface area contributed by atoms with Gasteiger partial charge in [-0.1, -0.05) is 11.6 Å². The maximum absolute atomic E-state index is 12.7. The van der Waals surface area contributed by atoms with Gasteiger partial charge in [0.1, 0.15) is 4.90 Å². The Kier molecular flexibility index (Phi) is 4.95. The van der Waals surface area contributed by atoms with Crippen molar-refractivity contribution >= 4 is 58.3 Å². The summed E-state index contributed by atoms with van der Waals surface area (Å²) in [5, 5.41) is 6.12. The Hall–Kier alpha value is -2.11. The van der Waals surface area contributed by atoms with Crippen LogP contribution >= 0.6 is 24.2 Å². The van der Waals surface area contributed by atoms with Gasteiger partial charge in [0, 0.05) is 22.6 Å². The second-order valence-corrected chi connectivity index (χ2v) is 8.26. The highest BCUT2D eigenvalue weighted by Gasteiger charge is 2.24. The smallest absolute Gasteiger partial charge is 0.265 e. The van der Waals surface area contributed by atoms with E-state index in [1.54, 1.807) is 18.1 Å². The minimum Gasteiger partial charge on any atom is -0.368 e. The zero-order valence-electron chi connectivity index (χ0n) is 13.9. The van der Waals surface area contributed by atoms with Crippen LogP contribution in [0.25, 0.3) is 0 Å². The number of hydrogen-bond acceptors (Lipinski definition) is 9. The lowest BCUT2D eigenvalue weighted by atomic mass is 10.2. The molecule has 1 aliphatic heterocycles. The van der Waals surface area contributed by atoms with Crippen molar-refractivity contribution < 1.29 is 8.42 Å². The fourth-order valence-electron chi connectivity index (χ4n) is 2.31. The summed E-state index contributed by atoms with van der Waals surface area (Å²) in [7, 11) is -4.00. The summed E-state index contributed by atoms with van der Waals surface area (Å²) in [6.07, 6.45) is 2.44. The lowest BCUT2D eigenvalue weighted by molar-refractivity contribution is 0.598. The molecule has 0 saturated carbocycles. The molecule has 1 atom stereocenters. The van der Waals surface area contributed by atoms with Crippen molar-refractivity contribution in [1.29, 1.82) is 0 Å². The molecule has 9 nitrogen and oxygen atoms in total. The number of benzene rings is 1. The number of nitrogens with two attached hydrogens (primary N) is 1. The van der Waals surface area contributed by atoms with Crippen molar-refractivity contribution in [3.05, 3.63) is 22.7 Å². The van der Waals surface area contributed by atoms with Crippen LogP contribution in [0.3, 0.4) is 0 Å². The highest BCUT2D eigenvalue weighted by atomic mass is 35.5. The summed E-state index contributed by atoms with van der Waals surface area (Å²) in [4.78, 5) is 12.1. The van der Waals surface area contributed by atoms with E-state index in [0.717, 1.165) is 6.42 Å². The molecule has 0 spiro atoms. The predicted octanol–water partition coefficient (Wildman–Crippen LogP) is 2.09. The molecule has 1 aromatic heterocycles. The largest absolute Gasteiger partial charge is 0.368 e. The quantitative estimate of drug-likeness (QED) is 0.655. The Balaban J connectivity index is 1.97. The van der Waals surface area contributed by atoms with Crippen LogP contribution in [-0.4, -0.2) is 35.6 Å². The molecule has 12 heteroatoms. The molecule has 138 valence electrons. The normalized spacial score (nSPS) is 16.9. The van der Waals surface area contributed by atoms with Crippen LogP contribution < -0.4 is 15.5 Å². The number of rotatable bonds is 4. The number of nitrogens with zero attached hydrogens (tertiary/aromatic N) is 5. The third-order valence-corrected chi connectivity index (χ3v) is 5.97. The van der Waals surface area contributed by atoms with Gasteiger partial charge in [-0.3, -0.25) is 0 Å². The van der Waals surface area contributed by atoms with Gasteiger partial charge in [-0.25, -0.2) is 18.1 Å². The molecule has 1 aromatic carbocycles. The molecule has 1 aliphatic rings. The number of nitrogen functional groups attached to an aromatic ring is 1. The fraction of sp³-hybridized carbons (Fsp3) is 0.286. The van der Waals surface area contributed by atoms with E-state index in [4.69, 9.17) is 17.3 Å². The van der Waals surface area contributed by atoms with E-state index in [0.29, 0.717) is 10.6 Å². The highest BCUT2D eigenvalue weighted by molar-refractivity contribution is 7.93. The van der Waals surface area contributed by atoms with Crippen LogP contribution in [-0.2, 0) is 10.0 Å². The summed E-state index contributed by atoms with van der Waals surface area (Å²) < 4.78 is 27.7. The summed E-state index contributed by atoms with van der Waals surface area (Å²) >= 11 is 10.2. The van der Waals surface area contributed by atoms with Gasteiger partial charge in [-0.15, -0.1) is 12.6 Å². The van der Waals surface area contributed by atoms with E-state index in [9.17, 15) is 8.42 Å². The maximum Gasteiger partial charge on any atom is 0.265 e. The first kappa shape index (κ1) is 18.7. The van der Waals surface area contributed by atoms with Crippen LogP contribution in [0, 0.1) is 6.92 Å². The van der Waals surface area contributed by atoms with Gasteiger partial charge >= 0.3 is 0 Å². The van der Waals surface area contributed by atoms with Crippen LogP contribution in [0.4, 0.5) is 17.8 Å². The first-order valence-electron chi connectivity index (χ1n) is 7.52. The topological polar surface area (TPSA) is 126 Å². The van der Waals surface area contributed by atoms with E-state index >= 15 is 0 Å². The molecule has 26 heavy (non-hydrogen) atoms. The second-order valence-electron chi connectivity index (χ2n) is 5.72. The monoisotopic (exact) mass is 413 g/mol. The lowest BCUT2D eigenvalue weighted by Crippen LogP contribution is -2.26. The van der Waals surface area contributed by atoms with E-state index in [2.05, 4.69) is 37.4 Å². The molecular weight excluding hydrogens is 398 g/mol. The predicted molar refractivity (Wildman–Crippen MR) is 104 cm³/mol. The van der Waals surface area contributed by atoms with Crippen LogP contribution in [0.1, 0.15) is 18.9 Å². The van der Waals surface area contributed by atoms with Gasteiger partial charge in [0.2, 0.25) is 11.9 Å². The number of hydrazone groups is 1. The number of halogens is 1. The van der Waals surface area contributed by atoms with Crippen molar-refractivity contribution in [1.82, 2.24) is 15.0 Å². The number of aromatic nitrogens is 3. The number of aryl methyl sites for hydroxylation is 1. The Bertz CT molecular complexity index is 997. The molecule has 2 aromatic rings. The molecule has 0 unspecified atom stereocenters. The minimum absolute atomic E-state index is 0.0317. The van der Waals surface area contributed by atoms with Gasteiger partial charge in [0.05, 0.1) is 6.04 Å². The van der Waals surface area contributed by atoms with Crippen molar-refractivity contribution in [2.24, 2.45) is 5.10 Å². The lowest BCUT2D eigenvalue weighted by Gasteiger charge is -2.18. The second kappa shape index (κ2) is 6.89. The van der Waals surface area contributed by atoms with Gasteiger partial charge in [0.15, 0.2) is 0 Å². The SMILES string of the molecule is Cc1cc(S(=O)(=O)Nc2nc(N)nc(N3N=CC[C@H]3C)n2)c(S)cc1Cl. The number of hydrogen-bond donors (Lipinski definition) is 3. The molecule has 0 amide bonds. The number of thiol groups is 1. The molecule has 0 fully saturated rings. The Labute approximate surface area is 161 Å². The van der Waals surface area contributed by atoms with Gasteiger partial charge < -0.3 is 5.73 Å². The van der Waals surface area contributed by atoms with Crippen LogP contribution in [0.5, 0.6) is 0 Å². The van der Waals surface area contributed by atoms with Crippen LogP contribution in [0.15, 0.2) is 27.0 Å². The summed E-state index contributed by atoms with van der Waals surface area (Å²) in [5.41, 5.74) is 6.29. The van der Waals surface area contributed by atoms with E-state index < -0.39 is 10.0 Å². The molecule has 0 aliphatic carbocycles. The maximum atomic E-state index is 12.7. The van der Waals surface area contributed by atoms with Crippen molar-refractivity contribution in [2.75, 3.05) is 15.5 Å². The molecule has 3 rings (SSSR count). The van der Waals surface area contributed by atoms with E-state index in [-0.39, 0.29) is 33.7 Å². The zero-order valence-corrected chi connectivity index (χ0v) is 16.3. The molecule has 3 N–H and O–H groups in total. The van der Waals surface area contributed by atoms with Gasteiger partial charge in [-0.05, 0) is 31.5 Å². The summed E-state index contributed by atoms with van der Waals surface area (Å²) in [6.45, 7) is 3.63. The molecule has 2 heterocycles. The van der Waals surface area contributed by atoms with Gasteiger partial charge in [-0.2, -0.15) is 20.1 Å². The van der Waals surface area contributed by atoms with E-state index in [1.165, 1.54) is 12.1 Å². The number of sulfonamides is 1. The molecule has 0 radical (unpaired) electrons. The zero-order chi connectivity index (χ0) is 19.1. The summed E-state index contributed by atoms with van der Waals surface area (Å²) in [6, 6.07) is 2.91.